The van der Waals surface area contributed by atoms with Gasteiger partial charge in [-0.2, -0.15) is 8.78 Å². The largest absolute Gasteiger partial charge is 0.435 e. The van der Waals surface area contributed by atoms with Gasteiger partial charge in [0.25, 0.3) is 0 Å². The second kappa shape index (κ2) is 6.24. The zero-order valence-electron chi connectivity index (χ0n) is 10.0. The first-order valence-corrected chi connectivity index (χ1v) is 5.78. The summed E-state index contributed by atoms with van der Waals surface area (Å²) in [6.07, 6.45) is 1.15. The molecule has 0 amide bonds. The first-order valence-electron chi connectivity index (χ1n) is 5.78. The van der Waals surface area contributed by atoms with Crippen LogP contribution < -0.4 is 4.74 Å². The lowest BCUT2D eigenvalue weighted by atomic mass is 10.0. The molecule has 0 radical (unpaired) electrons. The first-order chi connectivity index (χ1) is 9.15. The third kappa shape index (κ3) is 3.99. The number of aliphatic hydroxyl groups excluding tert-OH is 1. The first kappa shape index (κ1) is 13.4. The van der Waals surface area contributed by atoms with E-state index in [1.54, 1.807) is 30.5 Å². The molecule has 19 heavy (non-hydrogen) atoms. The van der Waals surface area contributed by atoms with Gasteiger partial charge in [-0.05, 0) is 29.8 Å². The smallest absolute Gasteiger partial charge is 0.387 e. The maximum absolute atomic E-state index is 12.1. The standard InChI is InChI=1S/C14H13F2NO2/c15-14(16)19-12-6-3-4-10(8-12)13(18)9-11-5-1-2-7-17-11/h1-8,13-14,18H,9H2. The molecule has 1 N–H and O–H groups in total. The molecule has 0 aliphatic carbocycles. The normalized spacial score (nSPS) is 12.4. The summed E-state index contributed by atoms with van der Waals surface area (Å²) >= 11 is 0. The zero-order chi connectivity index (χ0) is 13.7. The number of aromatic nitrogens is 1. The summed E-state index contributed by atoms with van der Waals surface area (Å²) < 4.78 is 28.5. The van der Waals surface area contributed by atoms with Crippen molar-refractivity contribution in [2.75, 3.05) is 0 Å². The van der Waals surface area contributed by atoms with Crippen molar-refractivity contribution in [3.63, 3.8) is 0 Å². The van der Waals surface area contributed by atoms with Gasteiger partial charge in [0.1, 0.15) is 5.75 Å². The van der Waals surface area contributed by atoms with Crippen molar-refractivity contribution < 1.29 is 18.6 Å². The van der Waals surface area contributed by atoms with Gasteiger partial charge in [-0.15, -0.1) is 0 Å². The minimum Gasteiger partial charge on any atom is -0.435 e. The lowest BCUT2D eigenvalue weighted by Crippen LogP contribution is -2.05. The molecule has 2 aromatic rings. The van der Waals surface area contributed by atoms with Crippen molar-refractivity contribution >= 4 is 0 Å². The third-order valence-electron chi connectivity index (χ3n) is 2.60. The highest BCUT2D eigenvalue weighted by molar-refractivity contribution is 5.30. The second-order valence-electron chi connectivity index (χ2n) is 3.99. The summed E-state index contributed by atoms with van der Waals surface area (Å²) in [6.45, 7) is -2.87. The predicted octanol–water partition coefficient (Wildman–Crippen LogP) is 2.96. The molecule has 1 aromatic heterocycles. The third-order valence-corrected chi connectivity index (χ3v) is 2.60. The van der Waals surface area contributed by atoms with Crippen LogP contribution in [0.5, 0.6) is 5.75 Å². The number of hydrogen-bond acceptors (Lipinski definition) is 3. The number of alkyl halides is 2. The van der Waals surface area contributed by atoms with Gasteiger partial charge in [-0.3, -0.25) is 4.98 Å². The Labute approximate surface area is 109 Å². The summed E-state index contributed by atoms with van der Waals surface area (Å²) in [5.41, 5.74) is 1.25. The van der Waals surface area contributed by atoms with Crippen molar-refractivity contribution in [3.05, 3.63) is 59.9 Å². The molecule has 1 heterocycles. The van der Waals surface area contributed by atoms with E-state index in [0.717, 1.165) is 5.69 Å². The Morgan fingerprint density at radius 1 is 1.16 bits per heavy atom. The fourth-order valence-corrected chi connectivity index (χ4v) is 1.73. The Balaban J connectivity index is 2.08. The Hall–Kier alpha value is -2.01. The van der Waals surface area contributed by atoms with Crippen molar-refractivity contribution in [1.29, 1.82) is 0 Å². The summed E-state index contributed by atoms with van der Waals surface area (Å²) in [5, 5.41) is 10.0. The minimum atomic E-state index is -2.87. The number of aliphatic hydroxyl groups is 1. The van der Waals surface area contributed by atoms with Crippen LogP contribution in [-0.2, 0) is 6.42 Å². The highest BCUT2D eigenvalue weighted by Crippen LogP contribution is 2.22. The van der Waals surface area contributed by atoms with E-state index in [1.165, 1.54) is 12.1 Å². The van der Waals surface area contributed by atoms with Crippen LogP contribution in [0, 0.1) is 0 Å². The molecule has 1 unspecified atom stereocenters. The Morgan fingerprint density at radius 3 is 2.68 bits per heavy atom. The van der Waals surface area contributed by atoms with Crippen LogP contribution in [0.3, 0.4) is 0 Å². The molecule has 100 valence electrons. The van der Waals surface area contributed by atoms with Crippen molar-refractivity contribution in [2.24, 2.45) is 0 Å². The van der Waals surface area contributed by atoms with E-state index in [-0.39, 0.29) is 5.75 Å². The topological polar surface area (TPSA) is 42.4 Å². The van der Waals surface area contributed by atoms with Crippen LogP contribution in [0.4, 0.5) is 8.78 Å². The molecule has 0 bridgehead atoms. The number of pyridine rings is 1. The van der Waals surface area contributed by atoms with Crippen LogP contribution >= 0.6 is 0 Å². The highest BCUT2D eigenvalue weighted by atomic mass is 19.3. The molecule has 5 heteroatoms. The molecular formula is C14H13F2NO2. The van der Waals surface area contributed by atoms with E-state index < -0.39 is 12.7 Å². The second-order valence-corrected chi connectivity index (χ2v) is 3.99. The molecule has 0 saturated heterocycles. The number of halogens is 2. The number of hydrogen-bond donors (Lipinski definition) is 1. The lowest BCUT2D eigenvalue weighted by molar-refractivity contribution is -0.0499. The Bertz CT molecular complexity index is 520. The molecule has 0 aliphatic heterocycles. The molecule has 1 aromatic carbocycles. The maximum Gasteiger partial charge on any atom is 0.387 e. The van der Waals surface area contributed by atoms with Gasteiger partial charge >= 0.3 is 6.61 Å². The van der Waals surface area contributed by atoms with Crippen molar-refractivity contribution in [3.8, 4) is 5.75 Å². The number of rotatable bonds is 5. The van der Waals surface area contributed by atoms with E-state index in [0.29, 0.717) is 12.0 Å². The molecule has 0 spiro atoms. The van der Waals surface area contributed by atoms with Gasteiger partial charge in [-0.1, -0.05) is 18.2 Å². The molecule has 2 rings (SSSR count). The van der Waals surface area contributed by atoms with Crippen molar-refractivity contribution in [2.45, 2.75) is 19.1 Å². The molecule has 0 saturated carbocycles. The average molecular weight is 265 g/mol. The summed E-state index contributed by atoms with van der Waals surface area (Å²) in [7, 11) is 0. The van der Waals surface area contributed by atoms with E-state index >= 15 is 0 Å². The number of benzene rings is 1. The molecule has 0 fully saturated rings. The highest BCUT2D eigenvalue weighted by Gasteiger charge is 2.11. The van der Waals surface area contributed by atoms with Gasteiger partial charge < -0.3 is 9.84 Å². The fourth-order valence-electron chi connectivity index (χ4n) is 1.73. The van der Waals surface area contributed by atoms with E-state index in [1.807, 2.05) is 6.07 Å². The van der Waals surface area contributed by atoms with Crippen LogP contribution in [-0.4, -0.2) is 16.7 Å². The number of ether oxygens (including phenoxy) is 1. The van der Waals surface area contributed by atoms with E-state index in [2.05, 4.69) is 9.72 Å². The van der Waals surface area contributed by atoms with Crippen molar-refractivity contribution in [1.82, 2.24) is 4.98 Å². The predicted molar refractivity (Wildman–Crippen MR) is 66.0 cm³/mol. The van der Waals surface area contributed by atoms with Gasteiger partial charge in [0, 0.05) is 18.3 Å². The Morgan fingerprint density at radius 2 is 2.00 bits per heavy atom. The van der Waals surface area contributed by atoms with Crippen LogP contribution in [0.15, 0.2) is 48.7 Å². The average Bonchev–Trinajstić information content (AvgIpc) is 2.39. The molecule has 1 atom stereocenters. The maximum atomic E-state index is 12.1. The number of nitrogens with zero attached hydrogens (tertiary/aromatic N) is 1. The monoisotopic (exact) mass is 265 g/mol. The zero-order valence-corrected chi connectivity index (χ0v) is 10.0. The quantitative estimate of drug-likeness (QED) is 0.903. The summed E-state index contributed by atoms with van der Waals surface area (Å²) in [4.78, 5) is 4.10. The van der Waals surface area contributed by atoms with Gasteiger partial charge in [0.2, 0.25) is 0 Å². The molecule has 0 aliphatic rings. The minimum absolute atomic E-state index is 0.0348. The van der Waals surface area contributed by atoms with Crippen LogP contribution in [0.1, 0.15) is 17.4 Å². The van der Waals surface area contributed by atoms with Crippen LogP contribution in [0.25, 0.3) is 0 Å². The summed E-state index contributed by atoms with van der Waals surface area (Å²) in [6, 6.07) is 11.4. The van der Waals surface area contributed by atoms with Gasteiger partial charge in [-0.25, -0.2) is 0 Å². The van der Waals surface area contributed by atoms with Crippen LogP contribution in [0.2, 0.25) is 0 Å². The fraction of sp³-hybridized carbons (Fsp3) is 0.214. The van der Waals surface area contributed by atoms with E-state index in [4.69, 9.17) is 0 Å². The Kier molecular flexibility index (Phi) is 4.41. The molecular weight excluding hydrogens is 252 g/mol. The van der Waals surface area contributed by atoms with Gasteiger partial charge in [0.05, 0.1) is 6.10 Å². The van der Waals surface area contributed by atoms with Gasteiger partial charge in [0.15, 0.2) is 0 Å². The lowest BCUT2D eigenvalue weighted by Gasteiger charge is -2.12. The molecule has 3 nitrogen and oxygen atoms in total. The van der Waals surface area contributed by atoms with E-state index in [9.17, 15) is 13.9 Å². The SMILES string of the molecule is OC(Cc1ccccn1)c1cccc(OC(F)F)c1. The summed E-state index contributed by atoms with van der Waals surface area (Å²) in [5.74, 6) is 0.0348.